The van der Waals surface area contributed by atoms with Crippen molar-refractivity contribution in [1.29, 1.82) is 0 Å². The molecule has 0 bridgehead atoms. The number of piperidine rings is 1. The number of amides is 1. The van der Waals surface area contributed by atoms with Gasteiger partial charge >= 0.3 is 0 Å². The van der Waals surface area contributed by atoms with E-state index in [1.54, 1.807) is 37.4 Å². The Morgan fingerprint density at radius 2 is 1.79 bits per heavy atom. The van der Waals surface area contributed by atoms with Gasteiger partial charge in [0.2, 0.25) is 15.9 Å². The second-order valence-corrected chi connectivity index (χ2v) is 9.43. The summed E-state index contributed by atoms with van der Waals surface area (Å²) in [6.07, 6.45) is 2.49. The first-order chi connectivity index (χ1) is 13.8. The van der Waals surface area contributed by atoms with E-state index < -0.39 is 10.0 Å². The molecular formula is C22H28N2O4S. The van der Waals surface area contributed by atoms with Gasteiger partial charge in [-0.2, -0.15) is 4.31 Å². The van der Waals surface area contributed by atoms with E-state index in [2.05, 4.69) is 5.32 Å². The van der Waals surface area contributed by atoms with Crippen molar-refractivity contribution in [3.8, 4) is 5.75 Å². The molecule has 3 rings (SSSR count). The highest BCUT2D eigenvalue weighted by Crippen LogP contribution is 2.29. The maximum absolute atomic E-state index is 13.2. The molecule has 0 unspecified atom stereocenters. The van der Waals surface area contributed by atoms with Crippen LogP contribution in [-0.4, -0.2) is 38.3 Å². The van der Waals surface area contributed by atoms with Gasteiger partial charge in [0.1, 0.15) is 5.75 Å². The van der Waals surface area contributed by atoms with Gasteiger partial charge < -0.3 is 10.1 Å². The van der Waals surface area contributed by atoms with Crippen molar-refractivity contribution >= 4 is 21.6 Å². The summed E-state index contributed by atoms with van der Waals surface area (Å²) in [5.41, 5.74) is 2.61. The third kappa shape index (κ3) is 4.97. The van der Waals surface area contributed by atoms with Gasteiger partial charge in [-0.1, -0.05) is 30.2 Å². The Labute approximate surface area is 172 Å². The van der Waals surface area contributed by atoms with Crippen LogP contribution in [0.4, 0.5) is 5.69 Å². The van der Waals surface area contributed by atoms with Crippen LogP contribution in [0.2, 0.25) is 0 Å². The predicted octanol–water partition coefficient (Wildman–Crippen LogP) is 3.88. The number of rotatable bonds is 6. The number of ether oxygens (including phenoxy) is 1. The van der Waals surface area contributed by atoms with Gasteiger partial charge in [0.05, 0.1) is 17.7 Å². The molecule has 1 aliphatic heterocycles. The summed E-state index contributed by atoms with van der Waals surface area (Å²) in [6.45, 7) is 4.29. The number of sulfonamides is 1. The zero-order chi connectivity index (χ0) is 21.0. The van der Waals surface area contributed by atoms with Crippen molar-refractivity contribution in [2.45, 2.75) is 50.5 Å². The topological polar surface area (TPSA) is 75.7 Å². The number of nitrogens with one attached hydrogen (secondary N) is 1. The molecular weight excluding hydrogens is 388 g/mol. The highest BCUT2D eigenvalue weighted by atomic mass is 32.2. The van der Waals surface area contributed by atoms with Crippen LogP contribution < -0.4 is 10.1 Å². The van der Waals surface area contributed by atoms with E-state index in [0.717, 1.165) is 24.0 Å². The van der Waals surface area contributed by atoms with Crippen molar-refractivity contribution in [2.24, 2.45) is 0 Å². The Kier molecular flexibility index (Phi) is 6.59. The van der Waals surface area contributed by atoms with Gasteiger partial charge in [0.15, 0.2) is 0 Å². The molecule has 1 aliphatic rings. The summed E-state index contributed by atoms with van der Waals surface area (Å²) in [5, 5.41) is 2.88. The van der Waals surface area contributed by atoms with Crippen LogP contribution >= 0.6 is 0 Å². The first-order valence-corrected chi connectivity index (χ1v) is 11.3. The first kappa shape index (κ1) is 21.3. The van der Waals surface area contributed by atoms with Crippen LogP contribution in [0.1, 0.15) is 36.8 Å². The monoisotopic (exact) mass is 416 g/mol. The molecule has 0 aromatic heterocycles. The van der Waals surface area contributed by atoms with E-state index in [0.29, 0.717) is 24.4 Å². The van der Waals surface area contributed by atoms with E-state index in [9.17, 15) is 13.2 Å². The van der Waals surface area contributed by atoms with E-state index >= 15 is 0 Å². The molecule has 1 heterocycles. The highest BCUT2D eigenvalue weighted by Gasteiger charge is 2.34. The molecule has 7 heteroatoms. The van der Waals surface area contributed by atoms with Crippen LogP contribution in [0.5, 0.6) is 5.75 Å². The van der Waals surface area contributed by atoms with Crippen molar-refractivity contribution in [3.63, 3.8) is 0 Å². The molecule has 6 nitrogen and oxygen atoms in total. The van der Waals surface area contributed by atoms with Gasteiger partial charge in [0, 0.05) is 19.0 Å². The van der Waals surface area contributed by atoms with Gasteiger partial charge in [-0.05, 0) is 56.5 Å². The Bertz CT molecular complexity index is 971. The Hall–Kier alpha value is -2.38. The van der Waals surface area contributed by atoms with E-state index in [1.165, 1.54) is 4.31 Å². The number of carbonyl (C=O) groups excluding carboxylic acids is 1. The zero-order valence-electron chi connectivity index (χ0n) is 17.1. The van der Waals surface area contributed by atoms with Crippen LogP contribution in [0.3, 0.4) is 0 Å². The zero-order valence-corrected chi connectivity index (χ0v) is 18.0. The van der Waals surface area contributed by atoms with E-state index in [-0.39, 0.29) is 23.3 Å². The summed E-state index contributed by atoms with van der Waals surface area (Å²) < 4.78 is 33.1. The lowest BCUT2D eigenvalue weighted by Gasteiger charge is -2.34. The summed E-state index contributed by atoms with van der Waals surface area (Å²) in [4.78, 5) is 13.0. The number of nitrogens with zero attached hydrogens (tertiary/aromatic N) is 1. The average molecular weight is 417 g/mol. The molecule has 156 valence electrons. The summed E-state index contributed by atoms with van der Waals surface area (Å²) >= 11 is 0. The smallest absolute Gasteiger partial charge is 0.243 e. The summed E-state index contributed by atoms with van der Waals surface area (Å²) in [7, 11) is -2.08. The average Bonchev–Trinajstić information content (AvgIpc) is 2.69. The molecule has 1 saturated heterocycles. The highest BCUT2D eigenvalue weighted by molar-refractivity contribution is 7.89. The van der Waals surface area contributed by atoms with Gasteiger partial charge in [0.25, 0.3) is 0 Å². The first-order valence-electron chi connectivity index (χ1n) is 9.84. The van der Waals surface area contributed by atoms with Crippen molar-refractivity contribution in [2.75, 3.05) is 19.0 Å². The molecule has 1 amide bonds. The SMILES string of the molecule is COc1ccc(C)cc1NC(=O)C[C@@H]1CCCCN1S(=O)(=O)c1ccc(C)cc1. The molecule has 0 spiro atoms. The Morgan fingerprint density at radius 1 is 1.10 bits per heavy atom. The molecule has 1 fully saturated rings. The fraction of sp³-hybridized carbons (Fsp3) is 0.409. The van der Waals surface area contributed by atoms with E-state index in [1.807, 2.05) is 26.0 Å². The number of aryl methyl sites for hydroxylation is 2. The minimum absolute atomic E-state index is 0.113. The second-order valence-electron chi connectivity index (χ2n) is 7.53. The third-order valence-corrected chi connectivity index (χ3v) is 7.22. The molecule has 2 aromatic rings. The van der Waals surface area contributed by atoms with Crippen molar-refractivity contribution in [3.05, 3.63) is 53.6 Å². The Morgan fingerprint density at radius 3 is 2.48 bits per heavy atom. The van der Waals surface area contributed by atoms with Crippen molar-refractivity contribution in [1.82, 2.24) is 4.31 Å². The maximum atomic E-state index is 13.2. The molecule has 0 saturated carbocycles. The molecule has 0 radical (unpaired) electrons. The van der Waals surface area contributed by atoms with Gasteiger partial charge in [-0.3, -0.25) is 4.79 Å². The van der Waals surface area contributed by atoms with Crippen molar-refractivity contribution < 1.29 is 17.9 Å². The summed E-state index contributed by atoms with van der Waals surface area (Å²) in [5.74, 6) is 0.363. The number of hydrogen-bond acceptors (Lipinski definition) is 4. The van der Waals surface area contributed by atoms with Crippen LogP contribution in [-0.2, 0) is 14.8 Å². The summed E-state index contributed by atoms with van der Waals surface area (Å²) in [6, 6.07) is 12.1. The fourth-order valence-corrected chi connectivity index (χ4v) is 5.37. The quantitative estimate of drug-likeness (QED) is 0.775. The van der Waals surface area contributed by atoms with Crippen LogP contribution in [0.15, 0.2) is 47.4 Å². The third-order valence-electron chi connectivity index (χ3n) is 5.25. The lowest BCUT2D eigenvalue weighted by molar-refractivity contribution is -0.117. The van der Waals surface area contributed by atoms with Gasteiger partial charge in [-0.15, -0.1) is 0 Å². The fourth-order valence-electron chi connectivity index (χ4n) is 3.67. The molecule has 1 atom stereocenters. The number of benzene rings is 2. The lowest BCUT2D eigenvalue weighted by Crippen LogP contribution is -2.45. The normalized spacial score (nSPS) is 17.7. The molecule has 29 heavy (non-hydrogen) atoms. The number of anilines is 1. The van der Waals surface area contributed by atoms with Crippen LogP contribution in [0, 0.1) is 13.8 Å². The molecule has 0 aliphatic carbocycles. The minimum atomic E-state index is -3.64. The van der Waals surface area contributed by atoms with Gasteiger partial charge in [-0.25, -0.2) is 8.42 Å². The second kappa shape index (κ2) is 8.97. The number of methoxy groups -OCH3 is 1. The minimum Gasteiger partial charge on any atom is -0.495 e. The molecule has 2 aromatic carbocycles. The molecule has 1 N–H and O–H groups in total. The number of carbonyl (C=O) groups is 1. The van der Waals surface area contributed by atoms with E-state index in [4.69, 9.17) is 4.74 Å². The standard InChI is InChI=1S/C22H28N2O4S/c1-16-7-10-19(11-8-16)29(26,27)24-13-5-4-6-18(24)15-22(25)23-20-14-17(2)9-12-21(20)28-3/h7-12,14,18H,4-6,13,15H2,1-3H3,(H,23,25)/t18-/m0/s1. The largest absolute Gasteiger partial charge is 0.495 e. The Balaban J connectivity index is 1.77. The predicted molar refractivity (Wildman–Crippen MR) is 114 cm³/mol. The van der Waals surface area contributed by atoms with Crippen LogP contribution in [0.25, 0.3) is 0 Å². The maximum Gasteiger partial charge on any atom is 0.243 e. The number of hydrogen-bond donors (Lipinski definition) is 1. The lowest BCUT2D eigenvalue weighted by atomic mass is 10.0.